The van der Waals surface area contributed by atoms with Gasteiger partial charge < -0.3 is 15.3 Å². The van der Waals surface area contributed by atoms with Gasteiger partial charge in [-0.3, -0.25) is 0 Å². The highest BCUT2D eigenvalue weighted by atomic mass is 79.9. The Morgan fingerprint density at radius 2 is 2.07 bits per heavy atom. The van der Waals surface area contributed by atoms with Crippen LogP contribution >= 0.6 is 15.9 Å². The summed E-state index contributed by atoms with van der Waals surface area (Å²) in [5.74, 6) is -2.78. The zero-order chi connectivity index (χ0) is 10.9. The molecule has 6 heteroatoms. The molecule has 0 spiro atoms. The van der Waals surface area contributed by atoms with Gasteiger partial charge in [-0.2, -0.15) is 0 Å². The van der Waals surface area contributed by atoms with E-state index >= 15 is 0 Å². The van der Waals surface area contributed by atoms with Crippen LogP contribution in [0, 0.1) is 5.82 Å². The standard InChI is InChI=1S/C8H6BrFO4/c9-4-2-6(11)3(1-5(4)10)7(12)8(13)14/h1-2,7,11-12H,(H,13,14). The Hall–Kier alpha value is -1.14. The molecule has 3 N–H and O–H groups in total. The van der Waals surface area contributed by atoms with Gasteiger partial charge in [0, 0.05) is 5.56 Å². The molecule has 1 aromatic carbocycles. The van der Waals surface area contributed by atoms with Crippen molar-refractivity contribution in [1.29, 1.82) is 0 Å². The lowest BCUT2D eigenvalue weighted by atomic mass is 10.1. The number of hydrogen-bond acceptors (Lipinski definition) is 3. The predicted octanol–water partition coefficient (Wildman–Crippen LogP) is 1.41. The number of phenolic OH excluding ortho intramolecular Hbond substituents is 1. The number of carboxylic acids is 1. The van der Waals surface area contributed by atoms with Crippen LogP contribution in [0.15, 0.2) is 16.6 Å². The summed E-state index contributed by atoms with van der Waals surface area (Å²) in [5, 5.41) is 26.7. The minimum absolute atomic E-state index is 0.00339. The van der Waals surface area contributed by atoms with E-state index in [1.807, 2.05) is 0 Å². The van der Waals surface area contributed by atoms with Gasteiger partial charge in [0.2, 0.25) is 0 Å². The molecule has 0 heterocycles. The Morgan fingerprint density at radius 3 is 2.57 bits per heavy atom. The molecule has 0 aliphatic carbocycles. The molecule has 4 nitrogen and oxygen atoms in total. The van der Waals surface area contributed by atoms with E-state index in [-0.39, 0.29) is 10.0 Å². The summed E-state index contributed by atoms with van der Waals surface area (Å²) in [5.41, 5.74) is -0.377. The molecule has 1 atom stereocenters. The molecule has 0 aliphatic heterocycles. The second-order valence-corrected chi connectivity index (χ2v) is 3.42. The lowest BCUT2D eigenvalue weighted by molar-refractivity contribution is -0.147. The molecular weight excluding hydrogens is 259 g/mol. The van der Waals surface area contributed by atoms with Crippen LogP contribution in [-0.4, -0.2) is 21.3 Å². The number of aliphatic hydroxyl groups excluding tert-OH is 1. The summed E-state index contributed by atoms with van der Waals surface area (Å²) < 4.78 is 12.9. The monoisotopic (exact) mass is 264 g/mol. The molecule has 76 valence electrons. The fourth-order valence-electron chi connectivity index (χ4n) is 0.904. The van der Waals surface area contributed by atoms with Crippen molar-refractivity contribution < 1.29 is 24.5 Å². The largest absolute Gasteiger partial charge is 0.508 e. The topological polar surface area (TPSA) is 77.8 Å². The summed E-state index contributed by atoms with van der Waals surface area (Å²) >= 11 is 2.80. The fourth-order valence-corrected chi connectivity index (χ4v) is 1.24. The first-order valence-corrected chi connectivity index (χ1v) is 4.31. The van der Waals surface area contributed by atoms with Gasteiger partial charge in [0.1, 0.15) is 11.6 Å². The van der Waals surface area contributed by atoms with Crippen molar-refractivity contribution in [3.05, 3.63) is 28.0 Å². The van der Waals surface area contributed by atoms with Gasteiger partial charge in [0.05, 0.1) is 4.47 Å². The molecule has 1 aromatic rings. The number of hydrogen-bond donors (Lipinski definition) is 3. The molecule has 0 saturated heterocycles. The van der Waals surface area contributed by atoms with E-state index in [4.69, 9.17) is 10.2 Å². The van der Waals surface area contributed by atoms with E-state index in [1.165, 1.54) is 0 Å². The number of aliphatic carboxylic acids is 1. The van der Waals surface area contributed by atoms with Crippen LogP contribution in [0.1, 0.15) is 11.7 Å². The third kappa shape index (κ3) is 2.02. The lowest BCUT2D eigenvalue weighted by Crippen LogP contribution is -2.10. The molecule has 0 fully saturated rings. The van der Waals surface area contributed by atoms with Crippen LogP contribution in [0.5, 0.6) is 5.75 Å². The maximum atomic E-state index is 12.9. The molecule has 0 aliphatic rings. The average molecular weight is 265 g/mol. The Bertz CT molecular complexity index is 380. The maximum Gasteiger partial charge on any atom is 0.337 e. The Morgan fingerprint density at radius 1 is 1.50 bits per heavy atom. The van der Waals surface area contributed by atoms with Gasteiger partial charge in [-0.05, 0) is 28.1 Å². The minimum Gasteiger partial charge on any atom is -0.508 e. The number of halogens is 2. The average Bonchev–Trinajstić information content (AvgIpc) is 2.10. The van der Waals surface area contributed by atoms with Gasteiger partial charge in [-0.15, -0.1) is 0 Å². The van der Waals surface area contributed by atoms with Crippen LogP contribution in [0.4, 0.5) is 4.39 Å². The van der Waals surface area contributed by atoms with E-state index in [0.717, 1.165) is 12.1 Å². The minimum atomic E-state index is -1.93. The highest BCUT2D eigenvalue weighted by molar-refractivity contribution is 9.10. The van der Waals surface area contributed by atoms with Crippen molar-refractivity contribution in [2.75, 3.05) is 0 Å². The summed E-state index contributed by atoms with van der Waals surface area (Å²) in [6.07, 6.45) is -1.93. The van der Waals surface area contributed by atoms with Gasteiger partial charge in [-0.25, -0.2) is 9.18 Å². The van der Waals surface area contributed by atoms with Gasteiger partial charge in [0.15, 0.2) is 6.10 Å². The maximum absolute atomic E-state index is 12.9. The number of rotatable bonds is 2. The quantitative estimate of drug-likeness (QED) is 0.755. The third-order valence-corrected chi connectivity index (χ3v) is 2.21. The zero-order valence-corrected chi connectivity index (χ0v) is 8.32. The van der Waals surface area contributed by atoms with Crippen LogP contribution in [-0.2, 0) is 4.79 Å². The number of aromatic hydroxyl groups is 1. The highest BCUT2D eigenvalue weighted by Gasteiger charge is 2.21. The molecule has 0 radical (unpaired) electrons. The Balaban J connectivity index is 3.22. The smallest absolute Gasteiger partial charge is 0.337 e. The molecule has 14 heavy (non-hydrogen) atoms. The van der Waals surface area contributed by atoms with Crippen molar-refractivity contribution in [2.24, 2.45) is 0 Å². The van der Waals surface area contributed by atoms with Crippen molar-refractivity contribution in [3.8, 4) is 5.75 Å². The van der Waals surface area contributed by atoms with Crippen LogP contribution < -0.4 is 0 Å². The second kappa shape index (κ2) is 3.93. The first-order valence-electron chi connectivity index (χ1n) is 3.52. The second-order valence-electron chi connectivity index (χ2n) is 2.57. The normalized spacial score (nSPS) is 12.5. The number of carboxylic acid groups (broad SMARTS) is 1. The van der Waals surface area contributed by atoms with Crippen molar-refractivity contribution in [1.82, 2.24) is 0 Å². The Labute approximate surface area is 86.7 Å². The first-order chi connectivity index (χ1) is 6.43. The highest BCUT2D eigenvalue weighted by Crippen LogP contribution is 2.29. The molecular formula is C8H6BrFO4. The van der Waals surface area contributed by atoms with Gasteiger partial charge in [0.25, 0.3) is 0 Å². The molecule has 0 aromatic heterocycles. The summed E-state index contributed by atoms with van der Waals surface area (Å²) in [6.45, 7) is 0. The van der Waals surface area contributed by atoms with E-state index in [9.17, 15) is 14.3 Å². The molecule has 0 saturated carbocycles. The molecule has 0 amide bonds. The van der Waals surface area contributed by atoms with Crippen molar-refractivity contribution in [2.45, 2.75) is 6.10 Å². The summed E-state index contributed by atoms with van der Waals surface area (Å²) in [7, 11) is 0. The molecule has 1 unspecified atom stereocenters. The predicted molar refractivity (Wildman–Crippen MR) is 48.4 cm³/mol. The van der Waals surface area contributed by atoms with E-state index in [1.54, 1.807) is 0 Å². The van der Waals surface area contributed by atoms with E-state index in [0.29, 0.717) is 0 Å². The number of phenols is 1. The van der Waals surface area contributed by atoms with Crippen molar-refractivity contribution >= 4 is 21.9 Å². The zero-order valence-electron chi connectivity index (χ0n) is 6.74. The summed E-state index contributed by atoms with van der Waals surface area (Å²) in [4.78, 5) is 10.4. The fraction of sp³-hybridized carbons (Fsp3) is 0.125. The molecule has 1 rings (SSSR count). The van der Waals surface area contributed by atoms with Crippen LogP contribution in [0.2, 0.25) is 0 Å². The van der Waals surface area contributed by atoms with Gasteiger partial charge >= 0.3 is 5.97 Å². The number of benzene rings is 1. The SMILES string of the molecule is O=C(O)C(O)c1cc(F)c(Br)cc1O. The van der Waals surface area contributed by atoms with Crippen molar-refractivity contribution in [3.63, 3.8) is 0 Å². The van der Waals surface area contributed by atoms with E-state index < -0.39 is 23.6 Å². The number of aliphatic hydroxyl groups is 1. The summed E-state index contributed by atoms with van der Waals surface area (Å²) in [6, 6.07) is 1.75. The lowest BCUT2D eigenvalue weighted by Gasteiger charge is -2.08. The van der Waals surface area contributed by atoms with Gasteiger partial charge in [-0.1, -0.05) is 0 Å². The van der Waals surface area contributed by atoms with Crippen LogP contribution in [0.25, 0.3) is 0 Å². The Kier molecular flexibility index (Phi) is 3.07. The van der Waals surface area contributed by atoms with E-state index in [2.05, 4.69) is 15.9 Å². The molecule has 0 bridgehead atoms. The third-order valence-electron chi connectivity index (χ3n) is 1.60. The number of carbonyl (C=O) groups is 1. The first kappa shape index (κ1) is 10.9. The van der Waals surface area contributed by atoms with Crippen LogP contribution in [0.3, 0.4) is 0 Å².